The Morgan fingerprint density at radius 1 is 0.635 bits per heavy atom. The van der Waals surface area contributed by atoms with E-state index in [-0.39, 0.29) is 0 Å². The first kappa shape index (κ1) is 52.7. The zero-order valence-corrected chi connectivity index (χ0v) is 33.4. The third-order valence-electron chi connectivity index (χ3n) is 11.0. The molecule has 0 aromatic carbocycles. The van der Waals surface area contributed by atoms with Crippen molar-refractivity contribution >= 4 is 23.8 Å². The van der Waals surface area contributed by atoms with Crippen molar-refractivity contribution in [3.05, 3.63) is 0 Å². The molecule has 4 aliphatic heterocycles. The second-order valence-electron chi connectivity index (χ2n) is 15.5. The van der Waals surface area contributed by atoms with Crippen molar-refractivity contribution in [2.24, 2.45) is 0 Å². The molecule has 18 N–H and O–H groups in total. The maximum absolute atomic E-state index is 12.9. The Labute approximate surface area is 355 Å². The lowest BCUT2D eigenvalue weighted by atomic mass is 9.87. The number of amides is 2. The van der Waals surface area contributed by atoms with E-state index in [4.69, 9.17) is 33.2 Å². The highest BCUT2D eigenvalue weighted by molar-refractivity contribution is 5.77. The zero-order chi connectivity index (χ0) is 47.5. The molecule has 0 bridgehead atoms. The maximum Gasteiger partial charge on any atom is 0.364 e. The normalized spacial score (nSPS) is 42.9. The Morgan fingerprint density at radius 3 is 1.60 bits per heavy atom. The SMILES string of the molecule is CC(=O)N[C@H]1[C@H]([C@H](O)[C@H](O)CO)O[C@@](O[C@H](CO)[C@@H](O)[C@@H]2O[C@@](OC[C@H]3O[C@@H](OC[C@H]4O[C@@H](O)[C@H](O)[C@@H](O)[C@@H]4O)[C@H](O)[C@@H](O)[C@@H]3O)(C(=O)O)C[C@H](O)[C@H]2NC(C)=O)(C(=O)O)C[C@@H]1O. The van der Waals surface area contributed by atoms with Crippen LogP contribution in [0.25, 0.3) is 0 Å². The first-order valence-electron chi connectivity index (χ1n) is 19.3. The van der Waals surface area contributed by atoms with Gasteiger partial charge in [-0.05, 0) is 0 Å². The van der Waals surface area contributed by atoms with Crippen LogP contribution < -0.4 is 10.6 Å². The van der Waals surface area contributed by atoms with Crippen LogP contribution >= 0.6 is 0 Å². The van der Waals surface area contributed by atoms with Gasteiger partial charge in [0.2, 0.25) is 11.8 Å². The molecule has 2 amide bonds. The second-order valence-corrected chi connectivity index (χ2v) is 15.5. The van der Waals surface area contributed by atoms with Crippen LogP contribution in [0.4, 0.5) is 0 Å². The fourth-order valence-corrected chi connectivity index (χ4v) is 7.54. The van der Waals surface area contributed by atoms with Gasteiger partial charge in [-0.1, -0.05) is 0 Å². The van der Waals surface area contributed by atoms with Crippen LogP contribution in [0.5, 0.6) is 0 Å². The molecule has 0 unspecified atom stereocenters. The Kier molecular flexibility index (Phi) is 18.0. The van der Waals surface area contributed by atoms with Crippen molar-refractivity contribution in [2.45, 2.75) is 161 Å². The summed E-state index contributed by atoms with van der Waals surface area (Å²) in [6, 6.07) is -3.47. The first-order valence-corrected chi connectivity index (χ1v) is 19.3. The Morgan fingerprint density at radius 2 is 1.11 bits per heavy atom. The van der Waals surface area contributed by atoms with E-state index in [1.807, 2.05) is 0 Å². The molecule has 0 aromatic heterocycles. The van der Waals surface area contributed by atoms with Gasteiger partial charge in [0.1, 0.15) is 85.5 Å². The van der Waals surface area contributed by atoms with E-state index < -0.39 is 197 Å². The lowest BCUT2D eigenvalue weighted by Gasteiger charge is -2.49. The van der Waals surface area contributed by atoms with E-state index in [0.717, 1.165) is 13.8 Å². The number of ether oxygens (including phenoxy) is 7. The minimum absolute atomic E-state index is 0.790. The summed E-state index contributed by atoms with van der Waals surface area (Å²) in [5.41, 5.74) is 0. The number of carboxylic acid groups (broad SMARTS) is 2. The van der Waals surface area contributed by atoms with Crippen molar-refractivity contribution in [1.82, 2.24) is 10.6 Å². The molecular formula is C34H56N2O27. The molecule has 4 rings (SSSR count). The number of nitrogens with one attached hydrogen (secondary N) is 2. The fraction of sp³-hybridized carbons (Fsp3) is 0.882. The molecular weight excluding hydrogens is 868 g/mol. The van der Waals surface area contributed by atoms with Gasteiger partial charge in [0.25, 0.3) is 11.6 Å². The highest BCUT2D eigenvalue weighted by atomic mass is 16.8. The van der Waals surface area contributed by atoms with E-state index in [2.05, 4.69) is 10.6 Å². The molecule has 29 heteroatoms. The molecule has 0 aliphatic carbocycles. The molecule has 0 aromatic rings. The molecule has 364 valence electrons. The van der Waals surface area contributed by atoms with E-state index in [1.54, 1.807) is 0 Å². The average molecular weight is 925 g/mol. The molecule has 63 heavy (non-hydrogen) atoms. The Balaban J connectivity index is 1.60. The summed E-state index contributed by atoms with van der Waals surface area (Å²) in [4.78, 5) is 49.9. The topological polar surface area (TPSA) is 481 Å². The standard InChI is InChI=1S/C34H56N2O27/c1-9(39)35-17-12(42)4-34(32(55)56,63-27(17)19(44)13(43)5-37)61-14(6-38)22(47)28-18(36-10(2)40)11(41)3-33(62-28,31(53)54)58-8-16-21(46)24(49)26(51)30(60-16)57-7-15-20(45)23(48)25(50)29(52)59-15/h11-30,37-38,41-52H,3-8H2,1-2H3,(H,35,39)(H,36,40)(H,53,54)(H,55,56)/t11-,12-,13+,14+,15+,16+,17+,18+,19+,20+,21+,22+,23-,24-,25+,26+,27+,28+,29+,30+,33+,34+/m0/s1. The first-order chi connectivity index (χ1) is 29.3. The monoisotopic (exact) mass is 924 g/mol. The second kappa shape index (κ2) is 21.6. The minimum atomic E-state index is -3.19. The number of carbonyl (C=O) groups is 4. The molecule has 4 saturated heterocycles. The summed E-state index contributed by atoms with van der Waals surface area (Å²) in [7, 11) is 0. The van der Waals surface area contributed by atoms with Crippen molar-refractivity contribution in [3.8, 4) is 0 Å². The van der Waals surface area contributed by atoms with Crippen LogP contribution in [0.3, 0.4) is 0 Å². The molecule has 4 fully saturated rings. The molecule has 22 atom stereocenters. The van der Waals surface area contributed by atoms with Gasteiger partial charge in [-0.2, -0.15) is 0 Å². The van der Waals surface area contributed by atoms with Gasteiger partial charge in [0, 0.05) is 26.7 Å². The summed E-state index contributed by atoms with van der Waals surface area (Å²) in [5, 5.41) is 171. The largest absolute Gasteiger partial charge is 0.477 e. The van der Waals surface area contributed by atoms with Gasteiger partial charge in [0.15, 0.2) is 12.6 Å². The third kappa shape index (κ3) is 11.5. The highest BCUT2D eigenvalue weighted by Gasteiger charge is 2.60. The summed E-state index contributed by atoms with van der Waals surface area (Å²) in [6.45, 7) is -2.51. The highest BCUT2D eigenvalue weighted by Crippen LogP contribution is 2.38. The summed E-state index contributed by atoms with van der Waals surface area (Å²) >= 11 is 0. The number of aliphatic hydroxyl groups excluding tert-OH is 14. The van der Waals surface area contributed by atoms with Crippen molar-refractivity contribution < 1.29 is 134 Å². The van der Waals surface area contributed by atoms with Crippen LogP contribution in [0.15, 0.2) is 0 Å². The van der Waals surface area contributed by atoms with Gasteiger partial charge in [-0.3, -0.25) is 9.59 Å². The van der Waals surface area contributed by atoms with Crippen molar-refractivity contribution in [2.75, 3.05) is 26.4 Å². The number of hydrogen-bond acceptors (Lipinski definition) is 25. The number of rotatable bonds is 18. The van der Waals surface area contributed by atoms with Crippen molar-refractivity contribution in [3.63, 3.8) is 0 Å². The average Bonchev–Trinajstić information content (AvgIpc) is 3.22. The van der Waals surface area contributed by atoms with Crippen LogP contribution in [0.1, 0.15) is 26.7 Å². The molecule has 4 heterocycles. The number of hydrogen-bond donors (Lipinski definition) is 18. The van der Waals surface area contributed by atoms with Crippen molar-refractivity contribution in [1.29, 1.82) is 0 Å². The molecule has 29 nitrogen and oxygen atoms in total. The minimum Gasteiger partial charge on any atom is -0.477 e. The maximum atomic E-state index is 12.9. The quantitative estimate of drug-likeness (QED) is 0.0607. The van der Waals surface area contributed by atoms with E-state index in [0.29, 0.717) is 0 Å². The number of aliphatic carboxylic acids is 2. The smallest absolute Gasteiger partial charge is 0.364 e. The molecule has 4 aliphatic rings. The van der Waals surface area contributed by atoms with Gasteiger partial charge >= 0.3 is 11.9 Å². The van der Waals surface area contributed by atoms with E-state index in [9.17, 15) is 101 Å². The fourth-order valence-electron chi connectivity index (χ4n) is 7.54. The Bertz CT molecular complexity index is 1570. The van der Waals surface area contributed by atoms with Gasteiger partial charge < -0.3 is 125 Å². The predicted octanol–water partition coefficient (Wildman–Crippen LogP) is -11.0. The number of carbonyl (C=O) groups excluding carboxylic acids is 2. The predicted molar refractivity (Wildman–Crippen MR) is 191 cm³/mol. The zero-order valence-electron chi connectivity index (χ0n) is 33.4. The Hall–Kier alpha value is -2.96. The van der Waals surface area contributed by atoms with Crippen LogP contribution in [-0.4, -0.2) is 266 Å². The van der Waals surface area contributed by atoms with E-state index in [1.165, 1.54) is 0 Å². The summed E-state index contributed by atoms with van der Waals surface area (Å²) < 4.78 is 38.1. The summed E-state index contributed by atoms with van der Waals surface area (Å²) in [5.74, 6) is -12.2. The van der Waals surface area contributed by atoms with Gasteiger partial charge in [0.05, 0.1) is 50.7 Å². The molecule has 0 spiro atoms. The molecule has 0 radical (unpaired) electrons. The van der Waals surface area contributed by atoms with Gasteiger partial charge in [-0.25, -0.2) is 9.59 Å². The summed E-state index contributed by atoms with van der Waals surface area (Å²) in [6.07, 6.45) is -38.9. The third-order valence-corrected chi connectivity index (χ3v) is 11.0. The van der Waals surface area contributed by atoms with Crippen LogP contribution in [-0.2, 0) is 52.3 Å². The number of carboxylic acids is 2. The van der Waals surface area contributed by atoms with E-state index >= 15 is 0 Å². The van der Waals surface area contributed by atoms with Crippen LogP contribution in [0.2, 0.25) is 0 Å². The van der Waals surface area contributed by atoms with Crippen LogP contribution in [0, 0.1) is 0 Å². The lowest BCUT2D eigenvalue weighted by molar-refractivity contribution is -0.354. The molecule has 0 saturated carbocycles. The van der Waals surface area contributed by atoms with Gasteiger partial charge in [-0.15, -0.1) is 0 Å². The number of aliphatic hydroxyl groups is 14. The lowest BCUT2D eigenvalue weighted by Crippen LogP contribution is -2.70.